The summed E-state index contributed by atoms with van der Waals surface area (Å²) < 4.78 is 0. The van der Waals surface area contributed by atoms with Crippen LogP contribution in [0.15, 0.2) is 30.3 Å². The predicted octanol–water partition coefficient (Wildman–Crippen LogP) is 3.25. The van der Waals surface area contributed by atoms with E-state index in [2.05, 4.69) is 52.5 Å². The van der Waals surface area contributed by atoms with E-state index in [1.54, 1.807) is 0 Å². The van der Waals surface area contributed by atoms with Crippen molar-refractivity contribution in [1.82, 2.24) is 15.1 Å². The second-order valence-electron chi connectivity index (χ2n) is 7.62. The third kappa shape index (κ3) is 6.36. The molecule has 0 radical (unpaired) electrons. The number of hydrogen-bond acceptors (Lipinski definition) is 3. The molecule has 1 aromatic rings. The van der Waals surface area contributed by atoms with Crippen molar-refractivity contribution in [3.05, 3.63) is 35.9 Å². The molecule has 24 heavy (non-hydrogen) atoms. The SMILES string of the molecule is CN(Cc1ccccc1)CC1CCN(CC2CCNCC2)CC1.Cl. The van der Waals surface area contributed by atoms with E-state index < -0.39 is 0 Å². The first kappa shape index (κ1) is 19.7. The molecule has 0 amide bonds. The molecule has 0 unspecified atom stereocenters. The summed E-state index contributed by atoms with van der Waals surface area (Å²) >= 11 is 0. The molecular weight excluding hydrogens is 318 g/mol. The summed E-state index contributed by atoms with van der Waals surface area (Å²) in [5.74, 6) is 1.82. The van der Waals surface area contributed by atoms with Crippen LogP contribution in [0, 0.1) is 11.8 Å². The van der Waals surface area contributed by atoms with Crippen LogP contribution in [0.3, 0.4) is 0 Å². The van der Waals surface area contributed by atoms with Crippen molar-refractivity contribution in [2.45, 2.75) is 32.2 Å². The second-order valence-corrected chi connectivity index (χ2v) is 7.62. The zero-order valence-electron chi connectivity index (χ0n) is 15.1. The Hall–Kier alpha value is -0.610. The van der Waals surface area contributed by atoms with Crippen molar-refractivity contribution in [3.63, 3.8) is 0 Å². The molecule has 2 saturated heterocycles. The Bertz CT molecular complexity index is 439. The molecule has 4 heteroatoms. The predicted molar refractivity (Wildman–Crippen MR) is 105 cm³/mol. The molecule has 1 N–H and O–H groups in total. The monoisotopic (exact) mass is 351 g/mol. The van der Waals surface area contributed by atoms with Gasteiger partial charge in [0.15, 0.2) is 0 Å². The van der Waals surface area contributed by atoms with Crippen LogP contribution in [-0.4, -0.2) is 56.1 Å². The summed E-state index contributed by atoms with van der Waals surface area (Å²) in [6.45, 7) is 8.75. The minimum absolute atomic E-state index is 0. The Balaban J connectivity index is 0.00000208. The molecule has 136 valence electrons. The molecule has 2 aliphatic rings. The maximum atomic E-state index is 3.48. The molecule has 0 aliphatic carbocycles. The lowest BCUT2D eigenvalue weighted by atomic mass is 9.93. The van der Waals surface area contributed by atoms with Gasteiger partial charge in [-0.15, -0.1) is 12.4 Å². The molecule has 0 spiro atoms. The van der Waals surface area contributed by atoms with Gasteiger partial charge in [-0.3, -0.25) is 0 Å². The Labute approximate surface area is 154 Å². The smallest absolute Gasteiger partial charge is 0.0230 e. The van der Waals surface area contributed by atoms with Crippen LogP contribution < -0.4 is 5.32 Å². The van der Waals surface area contributed by atoms with Crippen LogP contribution in [0.2, 0.25) is 0 Å². The summed E-state index contributed by atoms with van der Waals surface area (Å²) in [6, 6.07) is 10.8. The van der Waals surface area contributed by atoms with Gasteiger partial charge in [-0.25, -0.2) is 0 Å². The average Bonchev–Trinajstić information content (AvgIpc) is 2.58. The first-order chi connectivity index (χ1) is 11.3. The molecule has 2 fully saturated rings. The minimum atomic E-state index is 0. The van der Waals surface area contributed by atoms with E-state index in [9.17, 15) is 0 Å². The largest absolute Gasteiger partial charge is 0.317 e. The average molecular weight is 352 g/mol. The number of hydrogen-bond donors (Lipinski definition) is 1. The summed E-state index contributed by atoms with van der Waals surface area (Å²) in [7, 11) is 2.27. The van der Waals surface area contributed by atoms with Gasteiger partial charge in [0.1, 0.15) is 0 Å². The first-order valence-corrected chi connectivity index (χ1v) is 9.45. The third-order valence-corrected chi connectivity index (χ3v) is 5.55. The second kappa shape index (κ2) is 10.4. The zero-order chi connectivity index (χ0) is 15.9. The van der Waals surface area contributed by atoms with E-state index in [1.165, 1.54) is 70.5 Å². The fourth-order valence-electron chi connectivity index (χ4n) is 4.18. The molecule has 0 bridgehead atoms. The number of benzene rings is 1. The molecule has 0 aromatic heterocycles. The summed E-state index contributed by atoms with van der Waals surface area (Å²) in [5, 5.41) is 3.48. The number of piperidine rings is 2. The Morgan fingerprint density at radius 2 is 1.67 bits per heavy atom. The van der Waals surface area contributed by atoms with Crippen molar-refractivity contribution >= 4 is 12.4 Å². The normalized spacial score (nSPS) is 20.9. The number of nitrogens with one attached hydrogen (secondary N) is 1. The third-order valence-electron chi connectivity index (χ3n) is 5.55. The van der Waals surface area contributed by atoms with Crippen molar-refractivity contribution in [2.75, 3.05) is 46.3 Å². The van der Waals surface area contributed by atoms with Crippen LogP contribution in [0.5, 0.6) is 0 Å². The highest BCUT2D eigenvalue weighted by molar-refractivity contribution is 5.85. The molecule has 1 aromatic carbocycles. The maximum Gasteiger partial charge on any atom is 0.0230 e. The lowest BCUT2D eigenvalue weighted by Gasteiger charge is -2.36. The molecule has 3 rings (SSSR count). The maximum absolute atomic E-state index is 3.48. The fraction of sp³-hybridized carbons (Fsp3) is 0.700. The molecule has 2 heterocycles. The molecule has 0 atom stereocenters. The summed E-state index contributed by atoms with van der Waals surface area (Å²) in [4.78, 5) is 5.23. The number of nitrogens with zero attached hydrogens (tertiary/aromatic N) is 2. The highest BCUT2D eigenvalue weighted by Crippen LogP contribution is 2.21. The zero-order valence-corrected chi connectivity index (χ0v) is 15.9. The van der Waals surface area contributed by atoms with E-state index in [-0.39, 0.29) is 12.4 Å². The van der Waals surface area contributed by atoms with Gasteiger partial charge >= 0.3 is 0 Å². The van der Waals surface area contributed by atoms with Crippen molar-refractivity contribution in [1.29, 1.82) is 0 Å². The number of rotatable bonds is 6. The van der Waals surface area contributed by atoms with Gasteiger partial charge < -0.3 is 15.1 Å². The van der Waals surface area contributed by atoms with Gasteiger partial charge in [0.25, 0.3) is 0 Å². The van der Waals surface area contributed by atoms with Gasteiger partial charge in [-0.1, -0.05) is 30.3 Å². The van der Waals surface area contributed by atoms with Crippen molar-refractivity contribution in [2.24, 2.45) is 11.8 Å². The highest BCUT2D eigenvalue weighted by Gasteiger charge is 2.23. The van der Waals surface area contributed by atoms with E-state index in [0.29, 0.717) is 0 Å². The lowest BCUT2D eigenvalue weighted by molar-refractivity contribution is 0.128. The Kier molecular flexibility index (Phi) is 8.54. The number of halogens is 1. The van der Waals surface area contributed by atoms with Gasteiger partial charge in [0.05, 0.1) is 0 Å². The van der Waals surface area contributed by atoms with E-state index in [4.69, 9.17) is 0 Å². The highest BCUT2D eigenvalue weighted by atomic mass is 35.5. The standard InChI is InChI=1S/C20H33N3.ClH/c1-22(15-18-5-3-2-4-6-18)16-20-9-13-23(14-10-20)17-19-7-11-21-12-8-19;/h2-6,19-21H,7-17H2,1H3;1H. The van der Waals surface area contributed by atoms with Crippen LogP contribution in [-0.2, 0) is 6.54 Å². The summed E-state index contributed by atoms with van der Waals surface area (Å²) in [5.41, 5.74) is 1.43. The van der Waals surface area contributed by atoms with Gasteiger partial charge in [-0.05, 0) is 76.3 Å². The minimum Gasteiger partial charge on any atom is -0.317 e. The molecule has 3 nitrogen and oxygen atoms in total. The van der Waals surface area contributed by atoms with Gasteiger partial charge in [0.2, 0.25) is 0 Å². The lowest BCUT2D eigenvalue weighted by Crippen LogP contribution is -2.41. The Morgan fingerprint density at radius 3 is 2.33 bits per heavy atom. The van der Waals surface area contributed by atoms with Crippen molar-refractivity contribution in [3.8, 4) is 0 Å². The molecule has 0 saturated carbocycles. The first-order valence-electron chi connectivity index (χ1n) is 9.45. The quantitative estimate of drug-likeness (QED) is 0.848. The van der Waals surface area contributed by atoms with Gasteiger partial charge in [0, 0.05) is 19.6 Å². The van der Waals surface area contributed by atoms with Gasteiger partial charge in [-0.2, -0.15) is 0 Å². The van der Waals surface area contributed by atoms with E-state index >= 15 is 0 Å². The van der Waals surface area contributed by atoms with Crippen LogP contribution in [0.1, 0.15) is 31.2 Å². The summed E-state index contributed by atoms with van der Waals surface area (Å²) in [6.07, 6.45) is 5.51. The topological polar surface area (TPSA) is 18.5 Å². The van der Waals surface area contributed by atoms with Crippen molar-refractivity contribution < 1.29 is 0 Å². The Morgan fingerprint density at radius 1 is 1.00 bits per heavy atom. The number of likely N-dealkylation sites (tertiary alicyclic amines) is 1. The fourth-order valence-corrected chi connectivity index (χ4v) is 4.18. The van der Waals surface area contributed by atoms with E-state index in [0.717, 1.165) is 18.4 Å². The van der Waals surface area contributed by atoms with Crippen LogP contribution in [0.25, 0.3) is 0 Å². The van der Waals surface area contributed by atoms with Crippen LogP contribution in [0.4, 0.5) is 0 Å². The van der Waals surface area contributed by atoms with Crippen LogP contribution >= 0.6 is 12.4 Å². The molecular formula is C20H34ClN3. The van der Waals surface area contributed by atoms with E-state index in [1.807, 2.05) is 0 Å². The molecule has 2 aliphatic heterocycles.